The normalized spacial score (nSPS) is 10.4. The van der Waals surface area contributed by atoms with E-state index in [1.807, 2.05) is 19.1 Å². The molecule has 2 aromatic rings. The van der Waals surface area contributed by atoms with E-state index in [2.05, 4.69) is 26.2 Å². The van der Waals surface area contributed by atoms with E-state index in [0.717, 1.165) is 10.0 Å². The van der Waals surface area contributed by atoms with E-state index >= 15 is 0 Å². The molecule has 88 valence electrons. The van der Waals surface area contributed by atoms with Gasteiger partial charge < -0.3 is 5.32 Å². The van der Waals surface area contributed by atoms with Crippen molar-refractivity contribution in [1.82, 2.24) is 4.98 Å². The van der Waals surface area contributed by atoms with Crippen LogP contribution in [0.15, 0.2) is 34.9 Å². The van der Waals surface area contributed by atoms with Gasteiger partial charge in [-0.2, -0.15) is 0 Å². The van der Waals surface area contributed by atoms with Gasteiger partial charge in [0.25, 0.3) is 0 Å². The molecule has 0 aliphatic carbocycles. The van der Waals surface area contributed by atoms with Crippen LogP contribution in [0.2, 0.25) is 0 Å². The van der Waals surface area contributed by atoms with Crippen molar-refractivity contribution in [2.24, 2.45) is 0 Å². The van der Waals surface area contributed by atoms with Gasteiger partial charge in [-0.3, -0.25) is 0 Å². The molecule has 0 saturated heterocycles. The second-order valence-corrected chi connectivity index (χ2v) is 4.76. The average Bonchev–Trinajstić information content (AvgIpc) is 2.29. The topological polar surface area (TPSA) is 24.9 Å². The summed E-state index contributed by atoms with van der Waals surface area (Å²) in [6, 6.07) is 6.94. The molecule has 0 atom stereocenters. The zero-order valence-electron chi connectivity index (χ0n) is 9.59. The first-order valence-corrected chi connectivity index (χ1v) is 6.01. The average molecular weight is 295 g/mol. The Morgan fingerprint density at radius 1 is 1.18 bits per heavy atom. The number of hydrogen-bond donors (Lipinski definition) is 1. The Morgan fingerprint density at radius 2 is 1.94 bits per heavy atom. The number of pyridine rings is 1. The second-order valence-electron chi connectivity index (χ2n) is 3.91. The Balaban J connectivity index is 2.25. The molecule has 1 N–H and O–H groups in total. The number of nitrogens with zero attached hydrogens (tertiary/aromatic N) is 1. The number of aryl methyl sites for hydroxylation is 2. The Bertz CT molecular complexity index is 506. The highest BCUT2D eigenvalue weighted by molar-refractivity contribution is 9.10. The van der Waals surface area contributed by atoms with E-state index in [9.17, 15) is 4.39 Å². The molecule has 2 rings (SSSR count). The fourth-order valence-corrected chi connectivity index (χ4v) is 1.64. The molecule has 0 unspecified atom stereocenters. The van der Waals surface area contributed by atoms with Crippen LogP contribution in [-0.4, -0.2) is 4.98 Å². The Hall–Kier alpha value is -1.42. The van der Waals surface area contributed by atoms with Gasteiger partial charge in [0, 0.05) is 16.4 Å². The molecule has 0 aliphatic rings. The van der Waals surface area contributed by atoms with Crippen LogP contribution in [0, 0.1) is 19.7 Å². The monoisotopic (exact) mass is 294 g/mol. The molecule has 0 saturated carbocycles. The van der Waals surface area contributed by atoms with Crippen molar-refractivity contribution in [2.75, 3.05) is 5.32 Å². The molecule has 0 amide bonds. The van der Waals surface area contributed by atoms with E-state index < -0.39 is 0 Å². The van der Waals surface area contributed by atoms with E-state index in [-0.39, 0.29) is 5.82 Å². The standard InChI is InChI=1S/C13H12BrFN2/c1-8-3-4-10(6-12(8)15)17-13-5-9(2)11(14)7-16-13/h3-7H,1-2H3,(H,16,17). The molecule has 0 bridgehead atoms. The van der Waals surface area contributed by atoms with Gasteiger partial charge in [-0.1, -0.05) is 6.07 Å². The third-order valence-corrected chi connectivity index (χ3v) is 3.32. The summed E-state index contributed by atoms with van der Waals surface area (Å²) in [6.07, 6.45) is 1.72. The molecule has 4 heteroatoms. The maximum absolute atomic E-state index is 13.4. The SMILES string of the molecule is Cc1ccc(Nc2cc(C)c(Br)cn2)cc1F. The van der Waals surface area contributed by atoms with Crippen LogP contribution in [-0.2, 0) is 0 Å². The number of rotatable bonds is 2. The van der Waals surface area contributed by atoms with Crippen LogP contribution >= 0.6 is 15.9 Å². The molecule has 1 aromatic carbocycles. The number of nitrogens with one attached hydrogen (secondary N) is 1. The summed E-state index contributed by atoms with van der Waals surface area (Å²) in [5.41, 5.74) is 2.41. The summed E-state index contributed by atoms with van der Waals surface area (Å²) < 4.78 is 14.3. The Labute approximate surface area is 108 Å². The first kappa shape index (κ1) is 12.0. The van der Waals surface area contributed by atoms with Crippen LogP contribution in [0.4, 0.5) is 15.9 Å². The van der Waals surface area contributed by atoms with Gasteiger partial charge >= 0.3 is 0 Å². The highest BCUT2D eigenvalue weighted by Gasteiger charge is 2.02. The lowest BCUT2D eigenvalue weighted by Crippen LogP contribution is -1.95. The summed E-state index contributed by atoms with van der Waals surface area (Å²) in [5, 5.41) is 3.07. The lowest BCUT2D eigenvalue weighted by molar-refractivity contribution is 0.619. The quantitative estimate of drug-likeness (QED) is 0.891. The minimum atomic E-state index is -0.219. The minimum absolute atomic E-state index is 0.219. The Morgan fingerprint density at radius 3 is 2.59 bits per heavy atom. The highest BCUT2D eigenvalue weighted by Crippen LogP contribution is 2.21. The van der Waals surface area contributed by atoms with Crippen LogP contribution in [0.1, 0.15) is 11.1 Å². The number of hydrogen-bond acceptors (Lipinski definition) is 2. The molecule has 1 aromatic heterocycles. The number of benzene rings is 1. The maximum Gasteiger partial charge on any atom is 0.130 e. The minimum Gasteiger partial charge on any atom is -0.340 e. The Kier molecular flexibility index (Phi) is 3.43. The third-order valence-electron chi connectivity index (χ3n) is 2.49. The van der Waals surface area contributed by atoms with Gasteiger partial charge in [0.15, 0.2) is 0 Å². The molecule has 0 radical (unpaired) electrons. The number of aromatic nitrogens is 1. The van der Waals surface area contributed by atoms with E-state index in [1.165, 1.54) is 6.07 Å². The van der Waals surface area contributed by atoms with Gasteiger partial charge in [0.05, 0.1) is 0 Å². The first-order chi connectivity index (χ1) is 8.06. The molecule has 0 aliphatic heterocycles. The van der Waals surface area contributed by atoms with Crippen molar-refractivity contribution in [3.63, 3.8) is 0 Å². The van der Waals surface area contributed by atoms with Gasteiger partial charge in [0.1, 0.15) is 11.6 Å². The van der Waals surface area contributed by atoms with Crippen LogP contribution in [0.25, 0.3) is 0 Å². The van der Waals surface area contributed by atoms with Crippen LogP contribution in [0.3, 0.4) is 0 Å². The summed E-state index contributed by atoms with van der Waals surface area (Å²) in [4.78, 5) is 4.21. The summed E-state index contributed by atoms with van der Waals surface area (Å²) in [7, 11) is 0. The third kappa shape index (κ3) is 2.82. The van der Waals surface area contributed by atoms with Gasteiger partial charge in [0.2, 0.25) is 0 Å². The summed E-state index contributed by atoms with van der Waals surface area (Å²) in [5.74, 6) is 0.484. The van der Waals surface area contributed by atoms with Gasteiger partial charge in [-0.05, 0) is 59.1 Å². The van der Waals surface area contributed by atoms with E-state index in [0.29, 0.717) is 17.1 Å². The van der Waals surface area contributed by atoms with Crippen molar-refractivity contribution >= 4 is 27.4 Å². The van der Waals surface area contributed by atoms with Crippen molar-refractivity contribution in [3.05, 3.63) is 51.9 Å². The number of halogens is 2. The van der Waals surface area contributed by atoms with Crippen LogP contribution in [0.5, 0.6) is 0 Å². The van der Waals surface area contributed by atoms with Crippen molar-refractivity contribution in [1.29, 1.82) is 0 Å². The van der Waals surface area contributed by atoms with Gasteiger partial charge in [-0.25, -0.2) is 9.37 Å². The fourth-order valence-electron chi connectivity index (χ4n) is 1.43. The largest absolute Gasteiger partial charge is 0.340 e. The summed E-state index contributed by atoms with van der Waals surface area (Å²) in [6.45, 7) is 3.72. The maximum atomic E-state index is 13.4. The smallest absolute Gasteiger partial charge is 0.130 e. The van der Waals surface area contributed by atoms with Crippen molar-refractivity contribution < 1.29 is 4.39 Å². The molecule has 0 fully saturated rings. The lowest BCUT2D eigenvalue weighted by atomic mass is 10.2. The van der Waals surface area contributed by atoms with E-state index in [1.54, 1.807) is 19.2 Å². The predicted molar refractivity (Wildman–Crippen MR) is 71.1 cm³/mol. The zero-order valence-corrected chi connectivity index (χ0v) is 11.2. The van der Waals surface area contributed by atoms with Gasteiger partial charge in [-0.15, -0.1) is 0 Å². The molecule has 1 heterocycles. The van der Waals surface area contributed by atoms with E-state index in [4.69, 9.17) is 0 Å². The first-order valence-electron chi connectivity index (χ1n) is 5.21. The molecule has 17 heavy (non-hydrogen) atoms. The van der Waals surface area contributed by atoms with Crippen molar-refractivity contribution in [2.45, 2.75) is 13.8 Å². The molecule has 0 spiro atoms. The number of anilines is 2. The van der Waals surface area contributed by atoms with Crippen molar-refractivity contribution in [3.8, 4) is 0 Å². The lowest BCUT2D eigenvalue weighted by Gasteiger charge is -2.08. The summed E-state index contributed by atoms with van der Waals surface area (Å²) >= 11 is 3.39. The highest BCUT2D eigenvalue weighted by atomic mass is 79.9. The molecular weight excluding hydrogens is 283 g/mol. The van der Waals surface area contributed by atoms with Crippen LogP contribution < -0.4 is 5.32 Å². The predicted octanol–water partition coefficient (Wildman–Crippen LogP) is 4.34. The zero-order chi connectivity index (χ0) is 12.4. The second kappa shape index (κ2) is 4.84. The fraction of sp³-hybridized carbons (Fsp3) is 0.154. The molecule has 2 nitrogen and oxygen atoms in total. The molecular formula is C13H12BrFN2.